The van der Waals surface area contributed by atoms with Crippen molar-refractivity contribution in [2.24, 2.45) is 0 Å². The number of ether oxygens (including phenoxy) is 1. The van der Waals surface area contributed by atoms with Crippen LogP contribution in [0.3, 0.4) is 0 Å². The van der Waals surface area contributed by atoms with E-state index in [4.69, 9.17) is 9.26 Å². The van der Waals surface area contributed by atoms with Gasteiger partial charge in [-0.2, -0.15) is 4.98 Å². The molecule has 0 aliphatic carbocycles. The van der Waals surface area contributed by atoms with Crippen LogP contribution in [-0.2, 0) is 13.0 Å². The van der Waals surface area contributed by atoms with Crippen molar-refractivity contribution in [1.82, 2.24) is 25.3 Å². The fourth-order valence-corrected chi connectivity index (χ4v) is 5.12. The summed E-state index contributed by atoms with van der Waals surface area (Å²) < 4.78 is 11.9. The van der Waals surface area contributed by atoms with Gasteiger partial charge in [-0.3, -0.25) is 4.90 Å². The summed E-state index contributed by atoms with van der Waals surface area (Å²) in [6, 6.07) is 16.0. The number of aromatic nitrogens is 2. The number of piperazine rings is 1. The van der Waals surface area contributed by atoms with Gasteiger partial charge in [-0.05, 0) is 53.1 Å². The number of urea groups is 1. The van der Waals surface area contributed by atoms with Crippen LogP contribution in [0.25, 0.3) is 21.5 Å². The highest BCUT2D eigenvalue weighted by Gasteiger charge is 2.22. The van der Waals surface area contributed by atoms with E-state index in [1.54, 1.807) is 18.4 Å². The molecule has 0 radical (unpaired) electrons. The number of fused-ring (bicyclic) bond motifs is 1. The van der Waals surface area contributed by atoms with Gasteiger partial charge in [0.1, 0.15) is 5.75 Å². The van der Waals surface area contributed by atoms with Gasteiger partial charge in [-0.25, -0.2) is 4.79 Å². The van der Waals surface area contributed by atoms with Gasteiger partial charge in [0, 0.05) is 43.0 Å². The standard InChI is InChI=1S/C25H27N5O3S/c1-32-20-8-6-18(7-9-20)24-27-23(33-28-24)16-29-12-14-30(15-13-29)25(31)26-11-10-19-17-34-22-5-3-2-4-21(19)22/h2-9,17H,10-16H2,1H3,(H,26,31). The summed E-state index contributed by atoms with van der Waals surface area (Å²) in [7, 11) is 1.64. The van der Waals surface area contributed by atoms with Crippen LogP contribution in [0.5, 0.6) is 5.75 Å². The first-order chi connectivity index (χ1) is 16.7. The molecule has 5 rings (SSSR count). The molecule has 0 bridgehead atoms. The van der Waals surface area contributed by atoms with Crippen molar-refractivity contribution < 1.29 is 14.1 Å². The number of carbonyl (C=O) groups excluding carboxylic acids is 1. The van der Waals surface area contributed by atoms with E-state index in [9.17, 15) is 4.79 Å². The second kappa shape index (κ2) is 10.2. The number of nitrogens with one attached hydrogen (secondary N) is 1. The average molecular weight is 478 g/mol. The normalized spacial score (nSPS) is 14.4. The van der Waals surface area contributed by atoms with Crippen molar-refractivity contribution in [1.29, 1.82) is 0 Å². The van der Waals surface area contributed by atoms with E-state index < -0.39 is 0 Å². The molecule has 1 aliphatic heterocycles. The molecule has 0 atom stereocenters. The molecule has 3 heterocycles. The molecule has 2 amide bonds. The Balaban J connectivity index is 1.07. The summed E-state index contributed by atoms with van der Waals surface area (Å²) in [6.45, 7) is 4.09. The number of thiophene rings is 1. The molecular weight excluding hydrogens is 450 g/mol. The summed E-state index contributed by atoms with van der Waals surface area (Å²) in [5.41, 5.74) is 2.17. The first-order valence-corrected chi connectivity index (χ1v) is 12.2. The minimum absolute atomic E-state index is 0.00114. The topological polar surface area (TPSA) is 83.7 Å². The van der Waals surface area contributed by atoms with E-state index in [0.29, 0.717) is 37.9 Å². The Morgan fingerprint density at radius 2 is 1.91 bits per heavy atom. The number of hydrogen-bond donors (Lipinski definition) is 1. The van der Waals surface area contributed by atoms with Gasteiger partial charge in [0.25, 0.3) is 0 Å². The first-order valence-electron chi connectivity index (χ1n) is 11.4. The molecule has 1 aliphatic rings. The molecule has 1 saturated heterocycles. The van der Waals surface area contributed by atoms with Crippen molar-refractivity contribution in [3.63, 3.8) is 0 Å². The van der Waals surface area contributed by atoms with Gasteiger partial charge in [0.05, 0.1) is 13.7 Å². The molecule has 1 fully saturated rings. The highest BCUT2D eigenvalue weighted by molar-refractivity contribution is 7.17. The highest BCUT2D eigenvalue weighted by atomic mass is 32.1. The number of benzene rings is 2. The van der Waals surface area contributed by atoms with Crippen LogP contribution >= 0.6 is 11.3 Å². The third kappa shape index (κ3) is 5.05. The molecule has 0 saturated carbocycles. The first kappa shape index (κ1) is 22.4. The Bertz CT molecular complexity index is 1240. The van der Waals surface area contributed by atoms with Crippen LogP contribution in [0, 0.1) is 0 Å². The molecule has 4 aromatic rings. The number of amides is 2. The molecule has 8 nitrogen and oxygen atoms in total. The van der Waals surface area contributed by atoms with Crippen molar-refractivity contribution in [3.05, 3.63) is 65.4 Å². The summed E-state index contributed by atoms with van der Waals surface area (Å²) in [5, 5.41) is 10.6. The third-order valence-electron chi connectivity index (χ3n) is 6.07. The summed E-state index contributed by atoms with van der Waals surface area (Å²) in [4.78, 5) is 21.2. The van der Waals surface area contributed by atoms with Gasteiger partial charge < -0.3 is 19.5 Å². The Kier molecular flexibility index (Phi) is 6.73. The second-order valence-corrected chi connectivity index (χ2v) is 9.15. The van der Waals surface area contributed by atoms with Crippen molar-refractivity contribution in [2.75, 3.05) is 39.8 Å². The van der Waals surface area contributed by atoms with Crippen LogP contribution in [0.4, 0.5) is 4.79 Å². The molecule has 2 aromatic carbocycles. The van der Waals surface area contributed by atoms with E-state index in [1.165, 1.54) is 15.6 Å². The smallest absolute Gasteiger partial charge is 0.317 e. The zero-order valence-electron chi connectivity index (χ0n) is 19.1. The predicted molar refractivity (Wildman–Crippen MR) is 132 cm³/mol. The van der Waals surface area contributed by atoms with E-state index in [-0.39, 0.29) is 6.03 Å². The van der Waals surface area contributed by atoms with Crippen LogP contribution < -0.4 is 10.1 Å². The maximum absolute atomic E-state index is 12.6. The number of nitrogens with zero attached hydrogens (tertiary/aromatic N) is 4. The van der Waals surface area contributed by atoms with Gasteiger partial charge in [-0.1, -0.05) is 23.4 Å². The molecule has 176 valence electrons. The number of rotatable bonds is 7. The number of methoxy groups -OCH3 is 1. The van der Waals surface area contributed by atoms with Gasteiger partial charge in [0.2, 0.25) is 11.7 Å². The minimum Gasteiger partial charge on any atom is -0.497 e. The fourth-order valence-electron chi connectivity index (χ4n) is 4.12. The molecule has 0 spiro atoms. The molecule has 9 heteroatoms. The fraction of sp³-hybridized carbons (Fsp3) is 0.320. The van der Waals surface area contributed by atoms with Crippen molar-refractivity contribution in [3.8, 4) is 17.1 Å². The SMILES string of the molecule is COc1ccc(-c2noc(CN3CCN(C(=O)NCCc4csc5ccccc45)CC3)n2)cc1. The van der Waals surface area contributed by atoms with E-state index in [1.807, 2.05) is 29.2 Å². The molecule has 1 N–H and O–H groups in total. The monoisotopic (exact) mass is 477 g/mol. The number of hydrogen-bond acceptors (Lipinski definition) is 7. The molecule has 2 aromatic heterocycles. The summed E-state index contributed by atoms with van der Waals surface area (Å²) in [6.07, 6.45) is 0.837. The quantitative estimate of drug-likeness (QED) is 0.433. The van der Waals surface area contributed by atoms with E-state index in [2.05, 4.69) is 50.0 Å². The lowest BCUT2D eigenvalue weighted by atomic mass is 10.1. The largest absolute Gasteiger partial charge is 0.497 e. The lowest BCUT2D eigenvalue weighted by Gasteiger charge is -2.33. The van der Waals surface area contributed by atoms with Crippen LogP contribution in [0.1, 0.15) is 11.5 Å². The van der Waals surface area contributed by atoms with Crippen LogP contribution in [0.15, 0.2) is 58.4 Å². The minimum atomic E-state index is -0.00114. The second-order valence-electron chi connectivity index (χ2n) is 8.24. The van der Waals surface area contributed by atoms with Gasteiger partial charge in [-0.15, -0.1) is 11.3 Å². The van der Waals surface area contributed by atoms with Crippen molar-refractivity contribution in [2.45, 2.75) is 13.0 Å². The lowest BCUT2D eigenvalue weighted by molar-refractivity contribution is 0.126. The highest BCUT2D eigenvalue weighted by Crippen LogP contribution is 2.25. The summed E-state index contributed by atoms with van der Waals surface area (Å²) >= 11 is 1.75. The Morgan fingerprint density at radius 3 is 2.71 bits per heavy atom. The van der Waals surface area contributed by atoms with Gasteiger partial charge in [0.15, 0.2) is 0 Å². The van der Waals surface area contributed by atoms with Crippen LogP contribution in [-0.4, -0.2) is 65.8 Å². The predicted octanol–water partition coefficient (Wildman–Crippen LogP) is 4.03. The Morgan fingerprint density at radius 1 is 1.12 bits per heavy atom. The third-order valence-corrected chi connectivity index (χ3v) is 7.08. The molecular formula is C25H27N5O3S. The maximum Gasteiger partial charge on any atom is 0.317 e. The zero-order chi connectivity index (χ0) is 23.3. The molecule has 0 unspecified atom stereocenters. The van der Waals surface area contributed by atoms with Crippen molar-refractivity contribution >= 4 is 27.5 Å². The van der Waals surface area contributed by atoms with Crippen LogP contribution in [0.2, 0.25) is 0 Å². The lowest BCUT2D eigenvalue weighted by Crippen LogP contribution is -2.51. The number of carbonyl (C=O) groups is 1. The maximum atomic E-state index is 12.6. The average Bonchev–Trinajstić information content (AvgIpc) is 3.52. The Labute approximate surface area is 202 Å². The van der Waals surface area contributed by atoms with E-state index in [0.717, 1.165) is 30.8 Å². The summed E-state index contributed by atoms with van der Waals surface area (Å²) in [5.74, 6) is 1.93. The zero-order valence-corrected chi connectivity index (χ0v) is 19.9. The van der Waals surface area contributed by atoms with E-state index >= 15 is 0 Å². The Hall–Kier alpha value is -3.43. The molecule has 34 heavy (non-hydrogen) atoms. The van der Waals surface area contributed by atoms with Gasteiger partial charge >= 0.3 is 6.03 Å².